The molecule has 0 atom stereocenters. The molecule has 1 aliphatic heterocycles. The van der Waals surface area contributed by atoms with Crippen molar-refractivity contribution < 1.29 is 28.9 Å². The molecule has 0 radical (unpaired) electrons. The fraction of sp³-hybridized carbons (Fsp3) is 0.444. The van der Waals surface area contributed by atoms with Crippen molar-refractivity contribution >= 4 is 23.0 Å². The van der Waals surface area contributed by atoms with Crippen molar-refractivity contribution in [2.24, 2.45) is 5.92 Å². The predicted molar refractivity (Wildman–Crippen MR) is 135 cm³/mol. The lowest BCUT2D eigenvalue weighted by Gasteiger charge is -2.28. The molecule has 194 valence electrons. The standard InChI is InChI=1S/C27H30N4O6/c1-14-21(26(32)30-16-4-6-17(7-5-16)31-27(33)34)24-23(29-14)18(10-11-28-24)22-19(35-12-15-2-3-15)8-9-20-25(22)37-13-36-20/h8-11,15-17,29,31H,2-7,12-13H2,1H3,(H,30,32)(H,33,34)/t16-,17-. The van der Waals surface area contributed by atoms with Crippen molar-refractivity contribution in [3.05, 3.63) is 35.7 Å². The molecule has 2 fully saturated rings. The Balaban J connectivity index is 1.30. The normalized spacial score (nSPS) is 20.6. The minimum atomic E-state index is -1.01. The van der Waals surface area contributed by atoms with Gasteiger partial charge in [-0.1, -0.05) is 0 Å². The van der Waals surface area contributed by atoms with Gasteiger partial charge in [0.05, 0.1) is 23.3 Å². The van der Waals surface area contributed by atoms with Gasteiger partial charge < -0.3 is 34.9 Å². The number of hydrogen-bond donors (Lipinski definition) is 4. The zero-order chi connectivity index (χ0) is 25.5. The molecular weight excluding hydrogens is 476 g/mol. The molecule has 6 rings (SSSR count). The Kier molecular flexibility index (Phi) is 6.02. The molecule has 3 aliphatic rings. The van der Waals surface area contributed by atoms with Crippen LogP contribution in [0.25, 0.3) is 22.2 Å². The number of rotatable bonds is 7. The van der Waals surface area contributed by atoms with Crippen molar-refractivity contribution in [2.45, 2.75) is 57.5 Å². The summed E-state index contributed by atoms with van der Waals surface area (Å²) in [6.45, 7) is 2.67. The summed E-state index contributed by atoms with van der Waals surface area (Å²) in [4.78, 5) is 32.3. The Bertz CT molecular complexity index is 1360. The van der Waals surface area contributed by atoms with E-state index in [0.717, 1.165) is 22.3 Å². The van der Waals surface area contributed by atoms with Crippen LogP contribution in [0.2, 0.25) is 0 Å². The van der Waals surface area contributed by atoms with Crippen LogP contribution in [0.3, 0.4) is 0 Å². The Labute approximate surface area is 213 Å². The average molecular weight is 507 g/mol. The number of fused-ring (bicyclic) bond motifs is 2. The highest BCUT2D eigenvalue weighted by Gasteiger charge is 2.30. The third-order valence-corrected chi connectivity index (χ3v) is 7.43. The fourth-order valence-electron chi connectivity index (χ4n) is 5.33. The first kappa shape index (κ1) is 23.4. The first-order valence-electron chi connectivity index (χ1n) is 12.8. The second-order valence-electron chi connectivity index (χ2n) is 10.1. The number of aryl methyl sites for hydroxylation is 1. The van der Waals surface area contributed by atoms with Crippen LogP contribution in [0.4, 0.5) is 4.79 Å². The lowest BCUT2D eigenvalue weighted by molar-refractivity contribution is 0.0924. The number of pyridine rings is 1. The number of aromatic nitrogens is 2. The van der Waals surface area contributed by atoms with E-state index in [2.05, 4.69) is 20.6 Å². The molecule has 0 bridgehead atoms. The number of aromatic amines is 1. The van der Waals surface area contributed by atoms with Crippen LogP contribution in [0.5, 0.6) is 17.2 Å². The molecule has 3 heterocycles. The number of carboxylic acid groups (broad SMARTS) is 1. The number of carbonyl (C=O) groups is 2. The lowest BCUT2D eigenvalue weighted by atomic mass is 9.91. The van der Waals surface area contributed by atoms with E-state index in [1.807, 2.05) is 25.1 Å². The van der Waals surface area contributed by atoms with Gasteiger partial charge in [-0.2, -0.15) is 0 Å². The van der Waals surface area contributed by atoms with Gasteiger partial charge in [-0.3, -0.25) is 9.78 Å². The highest BCUT2D eigenvalue weighted by Crippen LogP contribution is 2.49. The van der Waals surface area contributed by atoms with E-state index in [-0.39, 0.29) is 24.8 Å². The van der Waals surface area contributed by atoms with Crippen LogP contribution in [0.15, 0.2) is 24.4 Å². The van der Waals surface area contributed by atoms with Crippen LogP contribution in [-0.2, 0) is 0 Å². The molecule has 2 aromatic heterocycles. The number of benzene rings is 1. The van der Waals surface area contributed by atoms with Gasteiger partial charge in [-0.25, -0.2) is 4.79 Å². The maximum Gasteiger partial charge on any atom is 0.404 e. The first-order chi connectivity index (χ1) is 18.0. The first-order valence-corrected chi connectivity index (χ1v) is 12.8. The van der Waals surface area contributed by atoms with Crippen LogP contribution < -0.4 is 24.8 Å². The van der Waals surface area contributed by atoms with Crippen molar-refractivity contribution in [1.29, 1.82) is 0 Å². The third kappa shape index (κ3) is 4.63. The number of nitrogens with one attached hydrogen (secondary N) is 3. The molecular formula is C27H30N4O6. The Morgan fingerprint density at radius 2 is 1.84 bits per heavy atom. The highest BCUT2D eigenvalue weighted by molar-refractivity contribution is 6.10. The van der Waals surface area contributed by atoms with Crippen molar-refractivity contribution in [2.75, 3.05) is 13.4 Å². The molecule has 0 unspecified atom stereocenters. The molecule has 2 amide bonds. The SMILES string of the molecule is Cc1[nH]c2c(-c3c(OCC4CC4)ccc4c3OCO4)ccnc2c1C(=O)N[C@H]1CC[C@H](NC(=O)O)CC1. The molecule has 0 saturated heterocycles. The van der Waals surface area contributed by atoms with Crippen molar-refractivity contribution in [3.63, 3.8) is 0 Å². The summed E-state index contributed by atoms with van der Waals surface area (Å²) >= 11 is 0. The predicted octanol–water partition coefficient (Wildman–Crippen LogP) is 4.36. The maximum atomic E-state index is 13.4. The topological polar surface area (TPSA) is 135 Å². The smallest absolute Gasteiger partial charge is 0.404 e. The van der Waals surface area contributed by atoms with Crippen LogP contribution in [0.1, 0.15) is 54.6 Å². The summed E-state index contributed by atoms with van der Waals surface area (Å²) < 4.78 is 17.7. The minimum absolute atomic E-state index is 0.0164. The molecule has 0 spiro atoms. The summed E-state index contributed by atoms with van der Waals surface area (Å²) in [5, 5.41) is 14.6. The molecule has 10 nitrogen and oxygen atoms in total. The van der Waals surface area contributed by atoms with E-state index >= 15 is 0 Å². The Hall–Kier alpha value is -3.95. The lowest BCUT2D eigenvalue weighted by Crippen LogP contribution is -2.43. The highest BCUT2D eigenvalue weighted by atomic mass is 16.7. The van der Waals surface area contributed by atoms with E-state index in [4.69, 9.17) is 19.3 Å². The summed E-state index contributed by atoms with van der Waals surface area (Å²) in [5.74, 6) is 2.41. The van der Waals surface area contributed by atoms with E-state index in [9.17, 15) is 9.59 Å². The number of nitrogens with zero attached hydrogens (tertiary/aromatic N) is 1. The second-order valence-corrected chi connectivity index (χ2v) is 10.1. The Morgan fingerprint density at radius 3 is 2.57 bits per heavy atom. The van der Waals surface area contributed by atoms with Crippen LogP contribution >= 0.6 is 0 Å². The van der Waals surface area contributed by atoms with Crippen LogP contribution in [0, 0.1) is 12.8 Å². The quantitative estimate of drug-likeness (QED) is 0.374. The summed E-state index contributed by atoms with van der Waals surface area (Å²) in [7, 11) is 0. The molecule has 10 heteroatoms. The van der Waals surface area contributed by atoms with Gasteiger partial charge in [-0.05, 0) is 69.6 Å². The van der Waals surface area contributed by atoms with Crippen molar-refractivity contribution in [1.82, 2.24) is 20.6 Å². The zero-order valence-corrected chi connectivity index (χ0v) is 20.6. The molecule has 2 aliphatic carbocycles. The summed E-state index contributed by atoms with van der Waals surface area (Å²) in [6, 6.07) is 5.59. The van der Waals surface area contributed by atoms with Gasteiger partial charge in [0.1, 0.15) is 11.3 Å². The van der Waals surface area contributed by atoms with Gasteiger partial charge in [0.2, 0.25) is 6.79 Å². The number of amides is 2. The maximum absolute atomic E-state index is 13.4. The number of H-pyrrole nitrogens is 1. The summed E-state index contributed by atoms with van der Waals surface area (Å²) in [5.41, 5.74) is 4.17. The average Bonchev–Trinajstić information content (AvgIpc) is 3.46. The van der Waals surface area contributed by atoms with Gasteiger partial charge in [0, 0.05) is 29.5 Å². The van der Waals surface area contributed by atoms with E-state index in [1.54, 1.807) is 6.20 Å². The second kappa shape index (κ2) is 9.49. The fourth-order valence-corrected chi connectivity index (χ4v) is 5.33. The molecule has 37 heavy (non-hydrogen) atoms. The van der Waals surface area contributed by atoms with Crippen molar-refractivity contribution in [3.8, 4) is 28.4 Å². The number of carbonyl (C=O) groups excluding carboxylic acids is 1. The van der Waals surface area contributed by atoms with Gasteiger partial charge in [0.15, 0.2) is 11.5 Å². The van der Waals surface area contributed by atoms with Gasteiger partial charge in [-0.15, -0.1) is 0 Å². The summed E-state index contributed by atoms with van der Waals surface area (Å²) in [6.07, 6.45) is 5.87. The minimum Gasteiger partial charge on any atom is -0.493 e. The van der Waals surface area contributed by atoms with Crippen LogP contribution in [-0.4, -0.2) is 52.6 Å². The van der Waals surface area contributed by atoms with E-state index in [0.29, 0.717) is 66.5 Å². The van der Waals surface area contributed by atoms with Gasteiger partial charge >= 0.3 is 6.09 Å². The molecule has 4 N–H and O–H groups in total. The monoisotopic (exact) mass is 506 g/mol. The zero-order valence-electron chi connectivity index (χ0n) is 20.6. The molecule has 3 aromatic rings. The molecule has 1 aromatic carbocycles. The Morgan fingerprint density at radius 1 is 1.08 bits per heavy atom. The third-order valence-electron chi connectivity index (χ3n) is 7.43. The number of hydrogen-bond acceptors (Lipinski definition) is 6. The number of ether oxygens (including phenoxy) is 3. The van der Waals surface area contributed by atoms with E-state index < -0.39 is 6.09 Å². The molecule has 2 saturated carbocycles. The van der Waals surface area contributed by atoms with Gasteiger partial charge in [0.25, 0.3) is 5.91 Å². The largest absolute Gasteiger partial charge is 0.493 e. The van der Waals surface area contributed by atoms with E-state index in [1.165, 1.54) is 12.8 Å².